The van der Waals surface area contributed by atoms with E-state index in [1.807, 2.05) is 31.2 Å². The van der Waals surface area contributed by atoms with E-state index in [9.17, 15) is 22.8 Å². The highest BCUT2D eigenvalue weighted by molar-refractivity contribution is 8.00. The lowest BCUT2D eigenvalue weighted by atomic mass is 9.76. The van der Waals surface area contributed by atoms with Crippen molar-refractivity contribution in [2.75, 3.05) is 4.90 Å². The molecule has 0 radical (unpaired) electrons. The molecule has 5 rings (SSSR count). The molecule has 3 aromatic rings. The fraction of sp³-hybridized carbons (Fsp3) is 0.308. The summed E-state index contributed by atoms with van der Waals surface area (Å²) in [6.45, 7) is 1.98. The van der Waals surface area contributed by atoms with Crippen molar-refractivity contribution in [3.05, 3.63) is 82.1 Å². The molecule has 0 saturated carbocycles. The van der Waals surface area contributed by atoms with Crippen LogP contribution < -0.4 is 4.90 Å². The highest BCUT2D eigenvalue weighted by Crippen LogP contribution is 2.45. The number of benzene rings is 2. The molecule has 1 aliphatic heterocycles. The number of halogens is 3. The number of hydrogen-bond acceptors (Lipinski definition) is 6. The van der Waals surface area contributed by atoms with Gasteiger partial charge in [0.2, 0.25) is 11.0 Å². The lowest BCUT2D eigenvalue weighted by Gasteiger charge is -2.37. The number of aryl methyl sites for hydroxylation is 1. The van der Waals surface area contributed by atoms with Gasteiger partial charge in [-0.25, -0.2) is 0 Å². The number of thioether (sulfide) groups is 1. The lowest BCUT2D eigenvalue weighted by Crippen LogP contribution is -2.40. The average molecular weight is 530 g/mol. The number of amides is 1. The standard InChI is InChI=1S/C26H22F3N3O2S2/c1-15-6-2-3-9-18(15)19-13-22(34)32(20-10-5-11-21(33)23(19)20)24-30-31-25(36-24)35-14-16-7-4-8-17(12-16)26(27,28)29/h2-4,6-9,12,19H,5,10-11,13-14H2,1H3. The molecule has 5 nitrogen and oxygen atoms in total. The summed E-state index contributed by atoms with van der Waals surface area (Å²) in [6.07, 6.45) is -2.51. The van der Waals surface area contributed by atoms with Gasteiger partial charge in [-0.1, -0.05) is 65.6 Å². The topological polar surface area (TPSA) is 63.2 Å². The summed E-state index contributed by atoms with van der Waals surface area (Å²) >= 11 is 2.47. The van der Waals surface area contributed by atoms with E-state index in [4.69, 9.17) is 0 Å². The van der Waals surface area contributed by atoms with Crippen LogP contribution in [0.1, 0.15) is 53.9 Å². The number of hydrogen-bond donors (Lipinski definition) is 0. The third kappa shape index (κ3) is 4.84. The number of ketones is 1. The van der Waals surface area contributed by atoms with Gasteiger partial charge < -0.3 is 0 Å². The van der Waals surface area contributed by atoms with E-state index >= 15 is 0 Å². The molecule has 1 unspecified atom stereocenters. The second kappa shape index (κ2) is 9.82. The van der Waals surface area contributed by atoms with Gasteiger partial charge in [0, 0.05) is 35.8 Å². The number of Topliss-reactive ketones (excluding diaryl/α,β-unsaturated/α-hetero) is 1. The second-order valence-electron chi connectivity index (χ2n) is 8.82. The fourth-order valence-corrected chi connectivity index (χ4v) is 6.62. The molecule has 36 heavy (non-hydrogen) atoms. The molecule has 2 aliphatic rings. The molecule has 2 aromatic carbocycles. The highest BCUT2D eigenvalue weighted by Gasteiger charge is 2.41. The fourth-order valence-electron chi connectivity index (χ4n) is 4.79. The zero-order chi connectivity index (χ0) is 25.4. The molecular weight excluding hydrogens is 507 g/mol. The van der Waals surface area contributed by atoms with Crippen LogP contribution in [-0.4, -0.2) is 21.9 Å². The predicted octanol–water partition coefficient (Wildman–Crippen LogP) is 6.69. The second-order valence-corrected chi connectivity index (χ2v) is 11.0. The molecule has 1 atom stereocenters. The normalized spacial score (nSPS) is 18.6. The zero-order valence-corrected chi connectivity index (χ0v) is 21.0. The van der Waals surface area contributed by atoms with Crippen molar-refractivity contribution >= 4 is 39.9 Å². The van der Waals surface area contributed by atoms with Crippen molar-refractivity contribution in [1.29, 1.82) is 0 Å². The van der Waals surface area contributed by atoms with Crippen LogP contribution in [0.5, 0.6) is 0 Å². The van der Waals surface area contributed by atoms with Gasteiger partial charge in [-0.3, -0.25) is 14.5 Å². The van der Waals surface area contributed by atoms with Gasteiger partial charge in [-0.05, 0) is 42.5 Å². The van der Waals surface area contributed by atoms with E-state index < -0.39 is 11.7 Å². The SMILES string of the molecule is Cc1ccccc1C1CC(=O)N(c2nnc(SCc3cccc(C(F)(F)F)c3)s2)C2=C1C(=O)CCC2. The molecule has 0 N–H and O–H groups in total. The van der Waals surface area contributed by atoms with Gasteiger partial charge in [-0.2, -0.15) is 13.2 Å². The van der Waals surface area contributed by atoms with Gasteiger partial charge in [-0.15, -0.1) is 10.2 Å². The van der Waals surface area contributed by atoms with E-state index in [2.05, 4.69) is 10.2 Å². The third-order valence-corrected chi connectivity index (χ3v) is 8.56. The van der Waals surface area contributed by atoms with E-state index in [1.165, 1.54) is 34.1 Å². The lowest BCUT2D eigenvalue weighted by molar-refractivity contribution is -0.137. The summed E-state index contributed by atoms with van der Waals surface area (Å²) in [5, 5.41) is 8.77. The van der Waals surface area contributed by atoms with Crippen LogP contribution in [0.15, 0.2) is 64.1 Å². The van der Waals surface area contributed by atoms with Crippen LogP contribution >= 0.6 is 23.1 Å². The molecule has 1 aromatic heterocycles. The summed E-state index contributed by atoms with van der Waals surface area (Å²) in [7, 11) is 0. The highest BCUT2D eigenvalue weighted by atomic mass is 32.2. The van der Waals surface area contributed by atoms with Crippen molar-refractivity contribution in [3.63, 3.8) is 0 Å². The van der Waals surface area contributed by atoms with Crippen LogP contribution in [0, 0.1) is 6.92 Å². The summed E-state index contributed by atoms with van der Waals surface area (Å²) < 4.78 is 39.6. The molecule has 1 amide bonds. The van der Waals surface area contributed by atoms with Crippen molar-refractivity contribution in [2.45, 2.75) is 54.8 Å². The van der Waals surface area contributed by atoms with Gasteiger partial charge in [0.25, 0.3) is 0 Å². The van der Waals surface area contributed by atoms with Gasteiger partial charge in [0.15, 0.2) is 10.1 Å². The van der Waals surface area contributed by atoms with Crippen molar-refractivity contribution in [2.24, 2.45) is 0 Å². The zero-order valence-electron chi connectivity index (χ0n) is 19.3. The minimum atomic E-state index is -4.40. The largest absolute Gasteiger partial charge is 0.416 e. The number of nitrogens with zero attached hydrogens (tertiary/aromatic N) is 3. The third-order valence-electron chi connectivity index (χ3n) is 6.44. The molecule has 1 aliphatic carbocycles. The summed E-state index contributed by atoms with van der Waals surface area (Å²) in [4.78, 5) is 28.0. The first-order chi connectivity index (χ1) is 17.2. The van der Waals surface area contributed by atoms with E-state index in [0.29, 0.717) is 45.6 Å². The first-order valence-electron chi connectivity index (χ1n) is 11.5. The average Bonchev–Trinajstić information content (AvgIpc) is 3.31. The maximum absolute atomic E-state index is 13.4. The Morgan fingerprint density at radius 1 is 1.08 bits per heavy atom. The number of rotatable bonds is 5. The Balaban J connectivity index is 1.41. The minimum absolute atomic E-state index is 0.0608. The van der Waals surface area contributed by atoms with Crippen molar-refractivity contribution in [3.8, 4) is 0 Å². The number of aromatic nitrogens is 2. The Morgan fingerprint density at radius 2 is 1.89 bits per heavy atom. The molecule has 0 spiro atoms. The molecule has 0 fully saturated rings. The molecule has 186 valence electrons. The number of carbonyl (C=O) groups excluding carboxylic acids is 2. The Hall–Kier alpha value is -2.98. The maximum atomic E-state index is 13.4. The minimum Gasteiger partial charge on any atom is -0.294 e. The molecule has 2 heterocycles. The van der Waals surface area contributed by atoms with Gasteiger partial charge >= 0.3 is 6.18 Å². The Kier molecular flexibility index (Phi) is 6.74. The Bertz CT molecular complexity index is 1370. The first-order valence-corrected chi connectivity index (χ1v) is 13.3. The summed E-state index contributed by atoms with van der Waals surface area (Å²) in [5.41, 5.74) is 3.23. The van der Waals surface area contributed by atoms with Crippen molar-refractivity contribution in [1.82, 2.24) is 10.2 Å². The van der Waals surface area contributed by atoms with Crippen molar-refractivity contribution < 1.29 is 22.8 Å². The van der Waals surface area contributed by atoms with E-state index in [1.54, 1.807) is 6.07 Å². The summed E-state index contributed by atoms with van der Waals surface area (Å²) in [6, 6.07) is 13.0. The number of allylic oxidation sites excluding steroid dienone is 2. The molecular formula is C26H22F3N3O2S2. The maximum Gasteiger partial charge on any atom is 0.416 e. The smallest absolute Gasteiger partial charge is 0.294 e. The van der Waals surface area contributed by atoms with Gasteiger partial charge in [0.05, 0.1) is 5.56 Å². The number of carbonyl (C=O) groups is 2. The van der Waals surface area contributed by atoms with Crippen LogP contribution in [0.4, 0.5) is 18.3 Å². The Labute approximate surface area is 214 Å². The number of alkyl halides is 3. The van der Waals surface area contributed by atoms with Crippen LogP contribution in [0.3, 0.4) is 0 Å². The van der Waals surface area contributed by atoms with Crippen LogP contribution in [0.2, 0.25) is 0 Å². The number of anilines is 1. The Morgan fingerprint density at radius 3 is 2.67 bits per heavy atom. The van der Waals surface area contributed by atoms with Crippen LogP contribution in [-0.2, 0) is 21.5 Å². The van der Waals surface area contributed by atoms with Crippen LogP contribution in [0.25, 0.3) is 0 Å². The summed E-state index contributed by atoms with van der Waals surface area (Å²) in [5.74, 6) is -0.0674. The monoisotopic (exact) mass is 529 g/mol. The quantitative estimate of drug-likeness (QED) is 0.272. The van der Waals surface area contributed by atoms with Gasteiger partial charge in [0.1, 0.15) is 0 Å². The molecule has 0 bridgehead atoms. The van der Waals surface area contributed by atoms with E-state index in [0.717, 1.165) is 23.3 Å². The molecule has 10 heteroatoms. The first kappa shape index (κ1) is 24.7. The predicted molar refractivity (Wildman–Crippen MR) is 133 cm³/mol. The molecule has 0 saturated heterocycles. The van der Waals surface area contributed by atoms with E-state index in [-0.39, 0.29) is 29.8 Å².